The van der Waals surface area contributed by atoms with Gasteiger partial charge in [0.15, 0.2) is 0 Å². The summed E-state index contributed by atoms with van der Waals surface area (Å²) in [6, 6.07) is 18.6. The van der Waals surface area contributed by atoms with Gasteiger partial charge in [0.05, 0.1) is 23.8 Å². The Hall–Kier alpha value is -3.47. The van der Waals surface area contributed by atoms with E-state index in [2.05, 4.69) is 4.98 Å². The molecule has 0 atom stereocenters. The molecule has 0 spiro atoms. The molecule has 2 N–H and O–H groups in total. The normalized spacial score (nSPS) is 11.0. The van der Waals surface area contributed by atoms with Crippen LogP contribution in [0.4, 0.5) is 0 Å². The summed E-state index contributed by atoms with van der Waals surface area (Å²) < 4.78 is 1.57. The maximum absolute atomic E-state index is 12.8. The Labute approximate surface area is 143 Å². The number of hydrogen-bond acceptors (Lipinski definition) is 3. The molecule has 5 nitrogen and oxygen atoms in total. The molecule has 0 fully saturated rings. The topological polar surface area (TPSA) is 78.0 Å². The van der Waals surface area contributed by atoms with Gasteiger partial charge in [0.2, 0.25) is 5.91 Å². The third-order valence-electron chi connectivity index (χ3n) is 4.28. The summed E-state index contributed by atoms with van der Waals surface area (Å²) in [7, 11) is 0. The fraction of sp³-hybridized carbons (Fsp3) is 0.0500. The van der Waals surface area contributed by atoms with Crippen molar-refractivity contribution in [2.24, 2.45) is 5.73 Å². The first-order chi connectivity index (χ1) is 12.1. The first kappa shape index (κ1) is 15.1. The second-order valence-electron chi connectivity index (χ2n) is 5.96. The Bertz CT molecular complexity index is 1160. The van der Waals surface area contributed by atoms with Crippen LogP contribution in [0.3, 0.4) is 0 Å². The third-order valence-corrected chi connectivity index (χ3v) is 4.28. The van der Waals surface area contributed by atoms with Gasteiger partial charge in [-0.2, -0.15) is 0 Å². The van der Waals surface area contributed by atoms with E-state index in [9.17, 15) is 9.59 Å². The van der Waals surface area contributed by atoms with E-state index in [0.717, 1.165) is 16.3 Å². The number of benzene rings is 3. The molecule has 0 aliphatic rings. The van der Waals surface area contributed by atoms with Crippen LogP contribution in [0.5, 0.6) is 0 Å². The highest BCUT2D eigenvalue weighted by Gasteiger charge is 2.07. The van der Waals surface area contributed by atoms with Crippen molar-refractivity contribution in [3.8, 4) is 0 Å². The van der Waals surface area contributed by atoms with Crippen LogP contribution in [-0.4, -0.2) is 15.5 Å². The Kier molecular flexibility index (Phi) is 3.54. The van der Waals surface area contributed by atoms with Crippen molar-refractivity contribution in [1.29, 1.82) is 0 Å². The van der Waals surface area contributed by atoms with Gasteiger partial charge in [-0.15, -0.1) is 0 Å². The average Bonchev–Trinajstić information content (AvgIpc) is 2.63. The Morgan fingerprint density at radius 2 is 1.68 bits per heavy atom. The molecule has 25 heavy (non-hydrogen) atoms. The smallest absolute Gasteiger partial charge is 0.261 e. The predicted molar refractivity (Wildman–Crippen MR) is 97.6 cm³/mol. The predicted octanol–water partition coefficient (Wildman–Crippen LogP) is 2.70. The monoisotopic (exact) mass is 329 g/mol. The molecule has 1 heterocycles. The van der Waals surface area contributed by atoms with Crippen LogP contribution >= 0.6 is 0 Å². The summed E-state index contributed by atoms with van der Waals surface area (Å²) in [6.07, 6.45) is 1.56. The number of aromatic nitrogens is 2. The standard InChI is InChI=1S/C20H15N3O2/c21-19(24)14-7-5-13(6-8-14)11-23-12-22-18-10-16-4-2-1-3-15(16)9-17(18)20(23)25/h1-10,12H,11H2,(H2,21,24). The zero-order chi connectivity index (χ0) is 17.4. The van der Waals surface area contributed by atoms with Gasteiger partial charge in [0.1, 0.15) is 0 Å². The van der Waals surface area contributed by atoms with E-state index < -0.39 is 5.91 Å². The van der Waals surface area contributed by atoms with E-state index in [1.165, 1.54) is 0 Å². The Balaban J connectivity index is 1.77. The van der Waals surface area contributed by atoms with Crippen molar-refractivity contribution < 1.29 is 4.79 Å². The minimum Gasteiger partial charge on any atom is -0.366 e. The molecule has 5 heteroatoms. The van der Waals surface area contributed by atoms with Crippen LogP contribution < -0.4 is 11.3 Å². The van der Waals surface area contributed by atoms with Crippen molar-refractivity contribution in [1.82, 2.24) is 9.55 Å². The van der Waals surface area contributed by atoms with Crippen LogP contribution in [0.25, 0.3) is 21.7 Å². The van der Waals surface area contributed by atoms with Gasteiger partial charge in [-0.1, -0.05) is 36.4 Å². The van der Waals surface area contributed by atoms with Gasteiger partial charge >= 0.3 is 0 Å². The van der Waals surface area contributed by atoms with Gasteiger partial charge in [0.25, 0.3) is 5.56 Å². The quantitative estimate of drug-likeness (QED) is 0.587. The average molecular weight is 329 g/mol. The first-order valence-electron chi connectivity index (χ1n) is 7.88. The van der Waals surface area contributed by atoms with Gasteiger partial charge < -0.3 is 5.73 Å². The number of primary amides is 1. The number of amides is 1. The van der Waals surface area contributed by atoms with Crippen molar-refractivity contribution in [3.63, 3.8) is 0 Å². The second-order valence-corrected chi connectivity index (χ2v) is 5.96. The molecule has 122 valence electrons. The lowest BCUT2D eigenvalue weighted by Gasteiger charge is -2.08. The van der Waals surface area contributed by atoms with Crippen LogP contribution in [0, 0.1) is 0 Å². The molecule has 0 aliphatic carbocycles. The van der Waals surface area contributed by atoms with Crippen molar-refractivity contribution in [3.05, 3.63) is 88.5 Å². The van der Waals surface area contributed by atoms with Crippen molar-refractivity contribution in [2.45, 2.75) is 6.54 Å². The fourth-order valence-corrected chi connectivity index (χ4v) is 2.93. The van der Waals surface area contributed by atoms with Crippen LogP contribution in [0.1, 0.15) is 15.9 Å². The van der Waals surface area contributed by atoms with Gasteiger partial charge in [0, 0.05) is 5.56 Å². The summed E-state index contributed by atoms with van der Waals surface area (Å²) in [5, 5.41) is 2.66. The van der Waals surface area contributed by atoms with Gasteiger partial charge in [-0.3, -0.25) is 14.2 Å². The highest BCUT2D eigenvalue weighted by Crippen LogP contribution is 2.19. The second kappa shape index (κ2) is 5.87. The Morgan fingerprint density at radius 1 is 1.00 bits per heavy atom. The van der Waals surface area contributed by atoms with Crippen LogP contribution in [0.15, 0.2) is 71.8 Å². The van der Waals surface area contributed by atoms with Gasteiger partial charge in [-0.25, -0.2) is 4.98 Å². The zero-order valence-corrected chi connectivity index (χ0v) is 13.3. The number of fused-ring (bicyclic) bond motifs is 2. The number of nitrogens with zero attached hydrogens (tertiary/aromatic N) is 2. The van der Waals surface area contributed by atoms with Crippen molar-refractivity contribution in [2.75, 3.05) is 0 Å². The maximum Gasteiger partial charge on any atom is 0.261 e. The lowest BCUT2D eigenvalue weighted by atomic mass is 10.1. The summed E-state index contributed by atoms with van der Waals surface area (Å²) in [5.41, 5.74) is 7.18. The van der Waals surface area contributed by atoms with Crippen LogP contribution in [0.2, 0.25) is 0 Å². The molecule has 1 aromatic heterocycles. The fourth-order valence-electron chi connectivity index (χ4n) is 2.93. The molecule has 0 aliphatic heterocycles. The highest BCUT2D eigenvalue weighted by molar-refractivity contribution is 5.96. The van der Waals surface area contributed by atoms with E-state index in [1.807, 2.05) is 36.4 Å². The number of hydrogen-bond donors (Lipinski definition) is 1. The lowest BCUT2D eigenvalue weighted by molar-refractivity contribution is 0.100. The summed E-state index contributed by atoms with van der Waals surface area (Å²) in [6.45, 7) is 0.383. The number of rotatable bonds is 3. The molecule has 3 aromatic carbocycles. The number of carbonyl (C=O) groups excluding carboxylic acids is 1. The molecule has 0 saturated heterocycles. The van der Waals surface area contributed by atoms with E-state index in [4.69, 9.17) is 5.73 Å². The SMILES string of the molecule is NC(=O)c1ccc(Cn2cnc3cc4ccccc4cc3c2=O)cc1. The maximum atomic E-state index is 12.8. The highest BCUT2D eigenvalue weighted by atomic mass is 16.1. The molecule has 0 saturated carbocycles. The summed E-state index contributed by atoms with van der Waals surface area (Å²) >= 11 is 0. The van der Waals surface area contributed by atoms with Crippen LogP contribution in [-0.2, 0) is 6.54 Å². The minimum atomic E-state index is -0.469. The van der Waals surface area contributed by atoms with E-state index in [-0.39, 0.29) is 5.56 Å². The summed E-state index contributed by atoms with van der Waals surface area (Å²) in [5.74, 6) is -0.469. The van der Waals surface area contributed by atoms with E-state index >= 15 is 0 Å². The Morgan fingerprint density at radius 3 is 2.36 bits per heavy atom. The lowest BCUT2D eigenvalue weighted by Crippen LogP contribution is -2.21. The number of carbonyl (C=O) groups is 1. The molecular weight excluding hydrogens is 314 g/mol. The molecule has 0 radical (unpaired) electrons. The number of nitrogens with two attached hydrogens (primary N) is 1. The molecule has 4 aromatic rings. The van der Waals surface area contributed by atoms with Crippen molar-refractivity contribution >= 4 is 27.6 Å². The molecule has 0 unspecified atom stereocenters. The first-order valence-corrected chi connectivity index (χ1v) is 7.88. The third kappa shape index (κ3) is 2.76. The molecule has 0 bridgehead atoms. The molecule has 1 amide bonds. The van der Waals surface area contributed by atoms with E-state index in [0.29, 0.717) is 23.0 Å². The molecule has 4 rings (SSSR count). The largest absolute Gasteiger partial charge is 0.366 e. The zero-order valence-electron chi connectivity index (χ0n) is 13.3. The minimum absolute atomic E-state index is 0.0882. The summed E-state index contributed by atoms with van der Waals surface area (Å²) in [4.78, 5) is 28.4. The van der Waals surface area contributed by atoms with E-state index in [1.54, 1.807) is 35.2 Å². The molecular formula is C20H15N3O2. The van der Waals surface area contributed by atoms with Gasteiger partial charge in [-0.05, 0) is 40.6 Å².